The monoisotopic (exact) mass is 393 g/mol. The van der Waals surface area contributed by atoms with Crippen LogP contribution in [-0.4, -0.2) is 20.5 Å². The van der Waals surface area contributed by atoms with Gasteiger partial charge in [-0.15, -0.1) is 0 Å². The number of hydrogen-bond acceptors (Lipinski definition) is 4. The predicted molar refractivity (Wildman–Crippen MR) is 80.8 cm³/mol. The lowest BCUT2D eigenvalue weighted by atomic mass is 9.98. The highest BCUT2D eigenvalue weighted by Crippen LogP contribution is 2.22. The molecule has 0 aliphatic carbocycles. The van der Waals surface area contributed by atoms with Crippen LogP contribution < -0.4 is 0 Å². The predicted octanol–water partition coefficient (Wildman–Crippen LogP) is 3.24. The molecule has 0 atom stereocenters. The second-order valence-corrected chi connectivity index (χ2v) is 6.67. The molecule has 0 unspecified atom stereocenters. The first kappa shape index (κ1) is 14.5. The van der Waals surface area contributed by atoms with Gasteiger partial charge in [0.05, 0.1) is 15.2 Å². The summed E-state index contributed by atoms with van der Waals surface area (Å²) in [5.41, 5.74) is 0.834. The first-order valence-corrected chi connectivity index (χ1v) is 7.09. The van der Waals surface area contributed by atoms with Gasteiger partial charge in [-0.3, -0.25) is 9.36 Å². The minimum Gasteiger partial charge on any atom is -0.443 e. The number of esters is 1. The smallest absolute Gasteiger partial charge is 0.312 e. The molecule has 0 amide bonds. The normalized spacial score (nSPS) is 11.8. The SMILES string of the molecule is CC(C)(C)C(=O)OCn1cc(I)c2nc(Cl)cnc21. The second-order valence-electron chi connectivity index (χ2n) is 5.12. The number of hydrogen-bond donors (Lipinski definition) is 0. The molecule has 2 heterocycles. The average Bonchev–Trinajstić information content (AvgIpc) is 2.61. The average molecular weight is 394 g/mol. The van der Waals surface area contributed by atoms with Gasteiger partial charge in [0.1, 0.15) is 10.7 Å². The third-order valence-electron chi connectivity index (χ3n) is 2.44. The molecule has 2 aromatic rings. The fourth-order valence-electron chi connectivity index (χ4n) is 1.43. The summed E-state index contributed by atoms with van der Waals surface area (Å²) in [6.07, 6.45) is 3.31. The third-order valence-corrected chi connectivity index (χ3v) is 3.41. The van der Waals surface area contributed by atoms with Gasteiger partial charge in [-0.05, 0) is 43.4 Å². The van der Waals surface area contributed by atoms with Crippen molar-refractivity contribution < 1.29 is 9.53 Å². The fourth-order valence-corrected chi connectivity index (χ4v) is 2.27. The van der Waals surface area contributed by atoms with Crippen LogP contribution in [0.4, 0.5) is 0 Å². The van der Waals surface area contributed by atoms with Crippen LogP contribution >= 0.6 is 34.2 Å². The molecule has 0 aliphatic rings. The Hall–Kier alpha value is -0.890. The number of halogens is 2. The Labute approximate surface area is 129 Å². The topological polar surface area (TPSA) is 57.0 Å². The largest absolute Gasteiger partial charge is 0.443 e. The molecule has 0 spiro atoms. The number of ether oxygens (including phenoxy) is 1. The number of nitrogens with zero attached hydrogens (tertiary/aromatic N) is 3. The lowest BCUT2D eigenvalue weighted by Gasteiger charge is -2.16. The van der Waals surface area contributed by atoms with E-state index in [0.717, 1.165) is 3.57 Å². The van der Waals surface area contributed by atoms with E-state index in [2.05, 4.69) is 32.6 Å². The molecule has 102 valence electrons. The van der Waals surface area contributed by atoms with Gasteiger partial charge in [0.25, 0.3) is 0 Å². The standard InChI is InChI=1S/C12H13ClIN3O2/c1-12(2,3)11(18)19-6-17-5-7(14)9-10(17)15-4-8(13)16-9/h4-5H,6H2,1-3H3. The fraction of sp³-hybridized carbons (Fsp3) is 0.417. The van der Waals surface area contributed by atoms with E-state index in [9.17, 15) is 4.79 Å². The molecule has 5 nitrogen and oxygen atoms in total. The Morgan fingerprint density at radius 1 is 1.53 bits per heavy atom. The van der Waals surface area contributed by atoms with Crippen molar-refractivity contribution in [2.45, 2.75) is 27.5 Å². The van der Waals surface area contributed by atoms with Crippen molar-refractivity contribution in [3.63, 3.8) is 0 Å². The molecule has 0 radical (unpaired) electrons. The molecule has 0 saturated heterocycles. The molecule has 0 saturated carbocycles. The molecule has 7 heteroatoms. The minimum atomic E-state index is -0.523. The Balaban J connectivity index is 2.25. The number of carbonyl (C=O) groups excluding carboxylic acids is 1. The Kier molecular flexibility index (Phi) is 4.00. The molecule has 0 aromatic carbocycles. The van der Waals surface area contributed by atoms with Crippen molar-refractivity contribution in [2.75, 3.05) is 0 Å². The van der Waals surface area contributed by atoms with Crippen molar-refractivity contribution in [3.8, 4) is 0 Å². The summed E-state index contributed by atoms with van der Waals surface area (Å²) in [6, 6.07) is 0. The van der Waals surface area contributed by atoms with Crippen LogP contribution in [0.25, 0.3) is 11.2 Å². The van der Waals surface area contributed by atoms with Gasteiger partial charge in [0.2, 0.25) is 0 Å². The van der Waals surface area contributed by atoms with E-state index >= 15 is 0 Å². The van der Waals surface area contributed by atoms with Crippen molar-refractivity contribution in [2.24, 2.45) is 5.41 Å². The zero-order valence-electron chi connectivity index (χ0n) is 10.8. The van der Waals surface area contributed by atoms with Crippen molar-refractivity contribution in [1.82, 2.24) is 14.5 Å². The third kappa shape index (κ3) is 3.17. The molecular weight excluding hydrogens is 381 g/mol. The van der Waals surface area contributed by atoms with Crippen LogP contribution in [0.5, 0.6) is 0 Å². The van der Waals surface area contributed by atoms with Gasteiger partial charge in [0.15, 0.2) is 12.4 Å². The van der Waals surface area contributed by atoms with E-state index in [1.54, 1.807) is 4.57 Å². The zero-order chi connectivity index (χ0) is 14.2. The summed E-state index contributed by atoms with van der Waals surface area (Å²) in [7, 11) is 0. The quantitative estimate of drug-likeness (QED) is 0.581. The summed E-state index contributed by atoms with van der Waals surface area (Å²) >= 11 is 7.96. The summed E-state index contributed by atoms with van der Waals surface area (Å²) in [5.74, 6) is -0.258. The summed E-state index contributed by atoms with van der Waals surface area (Å²) in [4.78, 5) is 20.2. The lowest BCUT2D eigenvalue weighted by molar-refractivity contribution is -0.156. The molecule has 0 bridgehead atoms. The lowest BCUT2D eigenvalue weighted by Crippen LogP contribution is -2.23. The van der Waals surface area contributed by atoms with Crippen LogP contribution in [0, 0.1) is 8.99 Å². The van der Waals surface area contributed by atoms with E-state index in [1.807, 2.05) is 27.0 Å². The Morgan fingerprint density at radius 3 is 2.84 bits per heavy atom. The van der Waals surface area contributed by atoms with Crippen LogP contribution in [0.3, 0.4) is 0 Å². The number of carbonyl (C=O) groups is 1. The molecule has 0 fully saturated rings. The van der Waals surface area contributed by atoms with Crippen LogP contribution in [0.1, 0.15) is 20.8 Å². The molecule has 19 heavy (non-hydrogen) atoms. The summed E-state index contributed by atoms with van der Waals surface area (Å²) in [5, 5.41) is 0.342. The number of fused-ring (bicyclic) bond motifs is 1. The van der Waals surface area contributed by atoms with Gasteiger partial charge in [-0.1, -0.05) is 11.6 Å². The first-order valence-electron chi connectivity index (χ1n) is 5.63. The van der Waals surface area contributed by atoms with E-state index < -0.39 is 5.41 Å². The van der Waals surface area contributed by atoms with Crippen LogP contribution in [0.15, 0.2) is 12.4 Å². The Bertz CT molecular complexity index is 634. The van der Waals surface area contributed by atoms with E-state index in [1.165, 1.54) is 6.20 Å². The van der Waals surface area contributed by atoms with Gasteiger partial charge in [0, 0.05) is 6.20 Å². The molecule has 2 aromatic heterocycles. The molecule has 0 N–H and O–H groups in total. The van der Waals surface area contributed by atoms with Crippen molar-refractivity contribution in [1.29, 1.82) is 0 Å². The highest BCUT2D eigenvalue weighted by molar-refractivity contribution is 14.1. The zero-order valence-corrected chi connectivity index (χ0v) is 13.7. The number of aromatic nitrogens is 3. The molecule has 2 rings (SSSR count). The summed E-state index contributed by atoms with van der Waals surface area (Å²) < 4.78 is 7.92. The van der Waals surface area contributed by atoms with Crippen LogP contribution in [0.2, 0.25) is 5.15 Å². The number of rotatable bonds is 2. The highest BCUT2D eigenvalue weighted by atomic mass is 127. The molecule has 0 aliphatic heterocycles. The van der Waals surface area contributed by atoms with Gasteiger partial charge >= 0.3 is 5.97 Å². The maximum atomic E-state index is 11.7. The van der Waals surface area contributed by atoms with Crippen LogP contribution in [-0.2, 0) is 16.3 Å². The first-order chi connectivity index (χ1) is 8.79. The minimum absolute atomic E-state index is 0.117. The summed E-state index contributed by atoms with van der Waals surface area (Å²) in [6.45, 7) is 5.55. The highest BCUT2D eigenvalue weighted by Gasteiger charge is 2.23. The maximum absolute atomic E-state index is 11.7. The van der Waals surface area contributed by atoms with Gasteiger partial charge in [-0.2, -0.15) is 0 Å². The van der Waals surface area contributed by atoms with Crippen molar-refractivity contribution in [3.05, 3.63) is 21.1 Å². The van der Waals surface area contributed by atoms with E-state index in [-0.39, 0.29) is 12.7 Å². The van der Waals surface area contributed by atoms with Crippen molar-refractivity contribution >= 4 is 51.3 Å². The van der Waals surface area contributed by atoms with E-state index in [4.69, 9.17) is 16.3 Å². The van der Waals surface area contributed by atoms with Gasteiger partial charge in [-0.25, -0.2) is 9.97 Å². The second kappa shape index (κ2) is 5.24. The Morgan fingerprint density at radius 2 is 2.21 bits per heavy atom. The van der Waals surface area contributed by atoms with Gasteiger partial charge < -0.3 is 4.74 Å². The maximum Gasteiger partial charge on any atom is 0.312 e. The molecular formula is C12H13ClIN3O2. The van der Waals surface area contributed by atoms with E-state index in [0.29, 0.717) is 16.3 Å².